The van der Waals surface area contributed by atoms with E-state index in [2.05, 4.69) is 10.6 Å². The van der Waals surface area contributed by atoms with E-state index in [-0.39, 0.29) is 19.3 Å². The summed E-state index contributed by atoms with van der Waals surface area (Å²) >= 11 is 0. The van der Waals surface area contributed by atoms with E-state index in [4.69, 9.17) is 10.2 Å². The second kappa shape index (κ2) is 7.22. The summed E-state index contributed by atoms with van der Waals surface area (Å²) in [5.74, 6) is -3.68. The molecular formula is C11H15N3O7. The molecule has 0 aromatic rings. The van der Waals surface area contributed by atoms with Crippen LogP contribution in [0.5, 0.6) is 0 Å². The Kier molecular flexibility index (Phi) is 5.64. The Balaban J connectivity index is 2.50. The van der Waals surface area contributed by atoms with Crippen LogP contribution in [0, 0.1) is 0 Å². The van der Waals surface area contributed by atoms with Crippen molar-refractivity contribution in [1.82, 2.24) is 16.0 Å². The van der Waals surface area contributed by atoms with Crippen LogP contribution < -0.4 is 16.0 Å². The summed E-state index contributed by atoms with van der Waals surface area (Å²) in [6.45, 7) is 0. The minimum atomic E-state index is -1.38. The number of piperidine rings is 1. The lowest BCUT2D eigenvalue weighted by Crippen LogP contribution is -2.56. The van der Waals surface area contributed by atoms with Crippen molar-refractivity contribution in [2.45, 2.75) is 37.8 Å². The van der Waals surface area contributed by atoms with Crippen LogP contribution in [0.4, 0.5) is 4.79 Å². The van der Waals surface area contributed by atoms with Gasteiger partial charge in [-0.05, 0) is 12.8 Å². The highest BCUT2D eigenvalue weighted by Crippen LogP contribution is 2.04. The van der Waals surface area contributed by atoms with Crippen molar-refractivity contribution in [2.75, 3.05) is 0 Å². The van der Waals surface area contributed by atoms with Crippen molar-refractivity contribution in [1.29, 1.82) is 0 Å². The Morgan fingerprint density at radius 3 is 2.48 bits per heavy atom. The highest BCUT2D eigenvalue weighted by molar-refractivity contribution is 6.01. The fourth-order valence-corrected chi connectivity index (χ4v) is 1.71. The molecule has 1 saturated heterocycles. The number of urea groups is 1. The fraction of sp³-hybridized carbons (Fsp3) is 0.545. The lowest BCUT2D eigenvalue weighted by Gasteiger charge is -2.23. The Morgan fingerprint density at radius 1 is 1.29 bits per heavy atom. The van der Waals surface area contributed by atoms with Gasteiger partial charge in [-0.3, -0.25) is 19.7 Å². The first-order valence-corrected chi connectivity index (χ1v) is 6.15. The van der Waals surface area contributed by atoms with Crippen LogP contribution in [-0.2, 0) is 19.2 Å². The molecule has 1 heterocycles. The number of carbonyl (C=O) groups excluding carboxylic acids is 3. The molecule has 1 aliphatic heterocycles. The molecule has 2 unspecified atom stereocenters. The Hall–Kier alpha value is -2.65. The van der Waals surface area contributed by atoms with Crippen LogP contribution >= 0.6 is 0 Å². The van der Waals surface area contributed by atoms with Crippen LogP contribution in [0.1, 0.15) is 25.7 Å². The largest absolute Gasteiger partial charge is 0.481 e. The number of carboxylic acids is 2. The summed E-state index contributed by atoms with van der Waals surface area (Å²) in [5, 5.41) is 23.7. The highest BCUT2D eigenvalue weighted by atomic mass is 16.4. The third-order valence-electron chi connectivity index (χ3n) is 2.79. The van der Waals surface area contributed by atoms with E-state index in [1.165, 1.54) is 0 Å². The molecule has 4 amide bonds. The first kappa shape index (κ1) is 16.4. The third kappa shape index (κ3) is 5.47. The SMILES string of the molecule is O=C(O)CCC(NC(=O)NC1CCC(=O)NC1=O)C(=O)O. The molecule has 0 radical (unpaired) electrons. The molecule has 0 saturated carbocycles. The maximum atomic E-state index is 11.6. The van der Waals surface area contributed by atoms with Crippen LogP contribution in [-0.4, -0.2) is 52.1 Å². The lowest BCUT2D eigenvalue weighted by molar-refractivity contribution is -0.140. The van der Waals surface area contributed by atoms with Gasteiger partial charge in [-0.25, -0.2) is 9.59 Å². The van der Waals surface area contributed by atoms with E-state index in [9.17, 15) is 24.0 Å². The normalized spacial score (nSPS) is 19.3. The molecule has 1 aliphatic rings. The minimum Gasteiger partial charge on any atom is -0.481 e. The zero-order valence-electron chi connectivity index (χ0n) is 10.9. The average molecular weight is 301 g/mol. The molecule has 10 nitrogen and oxygen atoms in total. The number of nitrogens with one attached hydrogen (secondary N) is 3. The van der Waals surface area contributed by atoms with Crippen LogP contribution in [0.25, 0.3) is 0 Å². The van der Waals surface area contributed by atoms with Crippen LogP contribution in [0.2, 0.25) is 0 Å². The molecule has 0 aromatic heterocycles. The van der Waals surface area contributed by atoms with E-state index in [0.717, 1.165) is 0 Å². The molecule has 10 heteroatoms. The molecular weight excluding hydrogens is 286 g/mol. The summed E-state index contributed by atoms with van der Waals surface area (Å²) in [7, 11) is 0. The molecule has 5 N–H and O–H groups in total. The first-order valence-electron chi connectivity index (χ1n) is 6.15. The van der Waals surface area contributed by atoms with Gasteiger partial charge in [-0.15, -0.1) is 0 Å². The second-order valence-electron chi connectivity index (χ2n) is 4.44. The number of hydrogen-bond donors (Lipinski definition) is 5. The number of hydrogen-bond acceptors (Lipinski definition) is 5. The monoisotopic (exact) mass is 301 g/mol. The average Bonchev–Trinajstić information content (AvgIpc) is 2.37. The van der Waals surface area contributed by atoms with E-state index in [0.29, 0.717) is 0 Å². The van der Waals surface area contributed by atoms with Gasteiger partial charge in [-0.2, -0.15) is 0 Å². The molecule has 0 aromatic carbocycles. The van der Waals surface area contributed by atoms with E-state index in [1.807, 2.05) is 5.32 Å². The molecule has 2 atom stereocenters. The molecule has 21 heavy (non-hydrogen) atoms. The topological polar surface area (TPSA) is 162 Å². The van der Waals surface area contributed by atoms with Crippen LogP contribution in [0.3, 0.4) is 0 Å². The minimum absolute atomic E-state index is 0.0675. The highest BCUT2D eigenvalue weighted by Gasteiger charge is 2.29. The molecule has 0 spiro atoms. The summed E-state index contributed by atoms with van der Waals surface area (Å²) in [6, 6.07) is -3.23. The van der Waals surface area contributed by atoms with Gasteiger partial charge >= 0.3 is 18.0 Å². The summed E-state index contributed by atoms with van der Waals surface area (Å²) in [5.41, 5.74) is 0. The summed E-state index contributed by atoms with van der Waals surface area (Å²) < 4.78 is 0. The molecule has 0 aliphatic carbocycles. The molecule has 1 fully saturated rings. The van der Waals surface area contributed by atoms with Gasteiger partial charge in [0, 0.05) is 12.8 Å². The van der Waals surface area contributed by atoms with Crippen molar-refractivity contribution in [3.8, 4) is 0 Å². The number of rotatable bonds is 6. The second-order valence-corrected chi connectivity index (χ2v) is 4.44. The summed E-state index contributed by atoms with van der Waals surface area (Å²) in [6.07, 6.45) is -0.522. The van der Waals surface area contributed by atoms with Gasteiger partial charge in [0.15, 0.2) is 0 Å². The molecule has 0 bridgehead atoms. The standard InChI is InChI=1S/C11H15N3O7/c15-7-3-1-5(9(18)14-7)12-11(21)13-6(10(19)20)2-4-8(16)17/h5-6H,1-4H2,(H,16,17)(H,19,20)(H2,12,13,21)(H,14,15,18). The summed E-state index contributed by atoms with van der Waals surface area (Å²) in [4.78, 5) is 55.2. The van der Waals surface area contributed by atoms with Crippen molar-refractivity contribution >= 4 is 29.8 Å². The Bertz CT molecular complexity index is 476. The Morgan fingerprint density at radius 2 is 1.95 bits per heavy atom. The van der Waals surface area contributed by atoms with Gasteiger partial charge in [-0.1, -0.05) is 0 Å². The molecule has 1 rings (SSSR count). The number of carbonyl (C=O) groups is 5. The number of aliphatic carboxylic acids is 2. The van der Waals surface area contributed by atoms with Gasteiger partial charge in [0.2, 0.25) is 11.8 Å². The molecule has 116 valence electrons. The van der Waals surface area contributed by atoms with E-state index < -0.39 is 48.3 Å². The van der Waals surface area contributed by atoms with Crippen molar-refractivity contribution in [3.63, 3.8) is 0 Å². The predicted molar refractivity (Wildman–Crippen MR) is 66.1 cm³/mol. The lowest BCUT2D eigenvalue weighted by atomic mass is 10.1. The smallest absolute Gasteiger partial charge is 0.326 e. The Labute approximate surface area is 118 Å². The van der Waals surface area contributed by atoms with Gasteiger partial charge < -0.3 is 20.8 Å². The number of imide groups is 1. The maximum Gasteiger partial charge on any atom is 0.326 e. The fourth-order valence-electron chi connectivity index (χ4n) is 1.71. The van der Waals surface area contributed by atoms with Crippen molar-refractivity contribution < 1.29 is 34.2 Å². The van der Waals surface area contributed by atoms with Crippen molar-refractivity contribution in [2.24, 2.45) is 0 Å². The van der Waals surface area contributed by atoms with Crippen LogP contribution in [0.15, 0.2) is 0 Å². The zero-order valence-corrected chi connectivity index (χ0v) is 10.9. The van der Waals surface area contributed by atoms with Gasteiger partial charge in [0.25, 0.3) is 0 Å². The third-order valence-corrected chi connectivity index (χ3v) is 2.79. The quantitative estimate of drug-likeness (QED) is 0.369. The van der Waals surface area contributed by atoms with E-state index in [1.54, 1.807) is 0 Å². The van der Waals surface area contributed by atoms with Gasteiger partial charge in [0.05, 0.1) is 0 Å². The predicted octanol–water partition coefficient (Wildman–Crippen LogP) is -1.59. The number of amides is 4. The first-order chi connectivity index (χ1) is 9.79. The van der Waals surface area contributed by atoms with Gasteiger partial charge in [0.1, 0.15) is 12.1 Å². The maximum absolute atomic E-state index is 11.6. The van der Waals surface area contributed by atoms with Crippen molar-refractivity contribution in [3.05, 3.63) is 0 Å². The van der Waals surface area contributed by atoms with E-state index >= 15 is 0 Å². The zero-order chi connectivity index (χ0) is 16.0. The number of carboxylic acid groups (broad SMARTS) is 2.